The third kappa shape index (κ3) is 4.07. The highest BCUT2D eigenvalue weighted by Crippen LogP contribution is 2.17. The number of nitrogens with one attached hydrogen (secondary N) is 2. The van der Waals surface area contributed by atoms with Gasteiger partial charge < -0.3 is 10.6 Å². The fourth-order valence-corrected chi connectivity index (χ4v) is 2.67. The van der Waals surface area contributed by atoms with E-state index in [2.05, 4.69) is 26.6 Å². The molecule has 1 heterocycles. The van der Waals surface area contributed by atoms with Gasteiger partial charge >= 0.3 is 6.03 Å². The van der Waals surface area contributed by atoms with Crippen LogP contribution in [0.25, 0.3) is 0 Å². The number of halogens is 1. The lowest BCUT2D eigenvalue weighted by atomic mass is 10.0. The van der Waals surface area contributed by atoms with Gasteiger partial charge in [0.25, 0.3) is 5.91 Å². The number of urea groups is 1. The number of carbonyl (C=O) groups is 3. The molecule has 1 saturated heterocycles. The van der Waals surface area contributed by atoms with Crippen molar-refractivity contribution in [3.8, 4) is 0 Å². The molecule has 0 spiro atoms. The van der Waals surface area contributed by atoms with Gasteiger partial charge in [0.05, 0.1) is 0 Å². The van der Waals surface area contributed by atoms with Crippen molar-refractivity contribution in [3.63, 3.8) is 0 Å². The molecule has 4 amide bonds. The lowest BCUT2D eigenvalue weighted by Gasteiger charge is -2.13. The molecular weight excluding hydrogens is 350 g/mol. The standard InChI is InChI=1S/C15H18BrN3O3/c1-9(2)6-12-14(21)19(15(22)18-12)8-13(20)17-11-5-3-4-10(16)7-11/h3-5,7,9,12H,6,8H2,1-2H3,(H,17,20)(H,18,22)/t12-/m1/s1. The van der Waals surface area contributed by atoms with Gasteiger partial charge in [-0.25, -0.2) is 4.79 Å². The van der Waals surface area contributed by atoms with E-state index in [9.17, 15) is 14.4 Å². The highest BCUT2D eigenvalue weighted by Gasteiger charge is 2.38. The van der Waals surface area contributed by atoms with Crippen LogP contribution < -0.4 is 10.6 Å². The van der Waals surface area contributed by atoms with Gasteiger partial charge in [-0.1, -0.05) is 35.8 Å². The van der Waals surface area contributed by atoms with E-state index in [0.717, 1.165) is 9.37 Å². The minimum Gasteiger partial charge on any atom is -0.326 e. The monoisotopic (exact) mass is 367 g/mol. The second-order valence-electron chi connectivity index (χ2n) is 5.61. The van der Waals surface area contributed by atoms with E-state index >= 15 is 0 Å². The molecule has 0 aromatic heterocycles. The predicted molar refractivity (Wildman–Crippen MR) is 86.3 cm³/mol. The zero-order valence-electron chi connectivity index (χ0n) is 12.4. The van der Waals surface area contributed by atoms with Crippen molar-refractivity contribution in [3.05, 3.63) is 28.7 Å². The first-order valence-corrected chi connectivity index (χ1v) is 7.83. The van der Waals surface area contributed by atoms with E-state index in [0.29, 0.717) is 12.1 Å². The number of hydrogen-bond donors (Lipinski definition) is 2. The predicted octanol–water partition coefficient (Wildman–Crippen LogP) is 2.35. The van der Waals surface area contributed by atoms with Crippen LogP contribution in [0.15, 0.2) is 28.7 Å². The van der Waals surface area contributed by atoms with Gasteiger partial charge in [0.2, 0.25) is 5.91 Å². The average molecular weight is 368 g/mol. The number of nitrogens with zero attached hydrogens (tertiary/aromatic N) is 1. The van der Waals surface area contributed by atoms with Gasteiger partial charge in [0, 0.05) is 10.2 Å². The summed E-state index contributed by atoms with van der Waals surface area (Å²) >= 11 is 3.31. The van der Waals surface area contributed by atoms with Gasteiger partial charge in [-0.15, -0.1) is 0 Å². The van der Waals surface area contributed by atoms with Crippen LogP contribution in [0.5, 0.6) is 0 Å². The molecule has 0 radical (unpaired) electrons. The second kappa shape index (κ2) is 6.91. The van der Waals surface area contributed by atoms with Gasteiger partial charge in [0.1, 0.15) is 12.6 Å². The maximum absolute atomic E-state index is 12.1. The maximum atomic E-state index is 12.1. The Morgan fingerprint density at radius 3 is 2.77 bits per heavy atom. The van der Waals surface area contributed by atoms with Crippen LogP contribution in [-0.4, -0.2) is 35.3 Å². The molecule has 6 nitrogen and oxygen atoms in total. The average Bonchev–Trinajstić information content (AvgIpc) is 2.66. The Morgan fingerprint density at radius 1 is 1.41 bits per heavy atom. The van der Waals surface area contributed by atoms with E-state index in [1.807, 2.05) is 19.9 Å². The fraction of sp³-hybridized carbons (Fsp3) is 0.400. The smallest absolute Gasteiger partial charge is 0.325 e. The number of imide groups is 1. The van der Waals surface area contributed by atoms with E-state index in [-0.39, 0.29) is 18.4 Å². The molecule has 1 atom stereocenters. The first kappa shape index (κ1) is 16.5. The van der Waals surface area contributed by atoms with E-state index in [4.69, 9.17) is 0 Å². The van der Waals surface area contributed by atoms with Crippen LogP contribution in [0.4, 0.5) is 10.5 Å². The van der Waals surface area contributed by atoms with Gasteiger partial charge in [-0.05, 0) is 30.5 Å². The normalized spacial score (nSPS) is 17.8. The Hall–Kier alpha value is -1.89. The Labute approximate surface area is 137 Å². The van der Waals surface area contributed by atoms with Gasteiger partial charge in [-0.2, -0.15) is 0 Å². The van der Waals surface area contributed by atoms with Crippen LogP contribution in [0.2, 0.25) is 0 Å². The van der Waals surface area contributed by atoms with Crippen LogP contribution in [0, 0.1) is 5.92 Å². The molecule has 118 valence electrons. The summed E-state index contributed by atoms with van der Waals surface area (Å²) in [6, 6.07) is 6.04. The highest BCUT2D eigenvalue weighted by atomic mass is 79.9. The zero-order valence-corrected chi connectivity index (χ0v) is 14.0. The van der Waals surface area contributed by atoms with Crippen LogP contribution in [0.1, 0.15) is 20.3 Å². The summed E-state index contributed by atoms with van der Waals surface area (Å²) in [4.78, 5) is 36.9. The van der Waals surface area contributed by atoms with Crippen molar-refractivity contribution in [2.45, 2.75) is 26.3 Å². The summed E-state index contributed by atoms with van der Waals surface area (Å²) < 4.78 is 0.831. The lowest BCUT2D eigenvalue weighted by molar-refractivity contribution is -0.131. The molecule has 0 saturated carbocycles. The minimum atomic E-state index is -0.536. The Balaban J connectivity index is 1.96. The van der Waals surface area contributed by atoms with E-state index in [1.165, 1.54) is 0 Å². The number of hydrogen-bond acceptors (Lipinski definition) is 3. The minimum absolute atomic E-state index is 0.282. The largest absolute Gasteiger partial charge is 0.326 e. The zero-order chi connectivity index (χ0) is 16.3. The molecule has 1 aromatic carbocycles. The first-order chi connectivity index (χ1) is 10.4. The molecule has 0 unspecified atom stereocenters. The summed E-state index contributed by atoms with van der Waals surface area (Å²) in [6.07, 6.45) is 0.564. The number of benzene rings is 1. The topological polar surface area (TPSA) is 78.5 Å². The molecule has 2 N–H and O–H groups in total. The van der Waals surface area contributed by atoms with Crippen molar-refractivity contribution in [1.82, 2.24) is 10.2 Å². The summed E-state index contributed by atoms with van der Waals surface area (Å²) in [5, 5.41) is 5.28. The molecule has 0 bridgehead atoms. The fourth-order valence-electron chi connectivity index (χ4n) is 2.27. The number of anilines is 1. The number of rotatable bonds is 5. The molecule has 1 fully saturated rings. The van der Waals surface area contributed by atoms with Crippen molar-refractivity contribution in [2.24, 2.45) is 5.92 Å². The van der Waals surface area contributed by atoms with E-state index in [1.54, 1.807) is 18.2 Å². The van der Waals surface area contributed by atoms with Crippen LogP contribution >= 0.6 is 15.9 Å². The molecule has 0 aliphatic carbocycles. The number of amides is 4. The lowest BCUT2D eigenvalue weighted by Crippen LogP contribution is -2.38. The van der Waals surface area contributed by atoms with Crippen molar-refractivity contribution >= 4 is 39.5 Å². The SMILES string of the molecule is CC(C)C[C@H]1NC(=O)N(CC(=O)Nc2cccc(Br)c2)C1=O. The third-order valence-corrected chi connectivity index (χ3v) is 3.72. The molecule has 1 aliphatic heterocycles. The number of carbonyl (C=O) groups excluding carboxylic acids is 3. The molecule has 1 aromatic rings. The molecular formula is C15H18BrN3O3. The Bertz CT molecular complexity index is 603. The summed E-state index contributed by atoms with van der Waals surface area (Å²) in [5.41, 5.74) is 0.602. The highest BCUT2D eigenvalue weighted by molar-refractivity contribution is 9.10. The van der Waals surface area contributed by atoms with Gasteiger partial charge in [-0.3, -0.25) is 14.5 Å². The van der Waals surface area contributed by atoms with Gasteiger partial charge in [0.15, 0.2) is 0 Å². The molecule has 7 heteroatoms. The summed E-state index contributed by atoms with van der Waals surface area (Å²) in [5.74, 6) is -0.473. The Morgan fingerprint density at radius 2 is 2.14 bits per heavy atom. The quantitative estimate of drug-likeness (QED) is 0.784. The summed E-state index contributed by atoms with van der Waals surface area (Å²) in [6.45, 7) is 3.66. The molecule has 1 aliphatic rings. The van der Waals surface area contributed by atoms with Crippen molar-refractivity contribution < 1.29 is 14.4 Å². The molecule has 22 heavy (non-hydrogen) atoms. The second-order valence-corrected chi connectivity index (χ2v) is 6.53. The first-order valence-electron chi connectivity index (χ1n) is 7.04. The van der Waals surface area contributed by atoms with Crippen molar-refractivity contribution in [2.75, 3.05) is 11.9 Å². The maximum Gasteiger partial charge on any atom is 0.325 e. The summed E-state index contributed by atoms with van der Waals surface area (Å²) in [7, 11) is 0. The van der Waals surface area contributed by atoms with E-state index < -0.39 is 18.0 Å². The van der Waals surface area contributed by atoms with Crippen molar-refractivity contribution in [1.29, 1.82) is 0 Å². The third-order valence-electron chi connectivity index (χ3n) is 3.22. The Kier molecular flexibility index (Phi) is 5.18. The van der Waals surface area contributed by atoms with Crippen LogP contribution in [0.3, 0.4) is 0 Å². The van der Waals surface area contributed by atoms with Crippen LogP contribution in [-0.2, 0) is 9.59 Å². The molecule has 2 rings (SSSR count).